The minimum Gasteiger partial charge on any atom is -0.504 e. The number of carbonyl (C=O) groups excluding carboxylic acids is 1. The molecule has 0 bridgehead atoms. The zero-order valence-electron chi connectivity index (χ0n) is 18.5. The van der Waals surface area contributed by atoms with Crippen molar-refractivity contribution in [2.24, 2.45) is 5.10 Å². The Hall–Kier alpha value is -3.33. The third kappa shape index (κ3) is 5.67. The van der Waals surface area contributed by atoms with Crippen LogP contribution in [0.2, 0.25) is 0 Å². The summed E-state index contributed by atoms with van der Waals surface area (Å²) in [6.07, 6.45) is 1.38. The maximum absolute atomic E-state index is 12.1. The Morgan fingerprint density at radius 1 is 1.12 bits per heavy atom. The van der Waals surface area contributed by atoms with Gasteiger partial charge in [0.1, 0.15) is 0 Å². The van der Waals surface area contributed by atoms with E-state index in [1.165, 1.54) is 35.7 Å². The quantitative estimate of drug-likeness (QED) is 0.216. The molecule has 1 heterocycles. The second-order valence-electron chi connectivity index (χ2n) is 8.21. The first kappa shape index (κ1) is 23.3. The zero-order chi connectivity index (χ0) is 23.3. The summed E-state index contributed by atoms with van der Waals surface area (Å²) in [7, 11) is 0. The highest BCUT2D eigenvalue weighted by atomic mass is 32.2. The number of aromatic nitrogens is 3. The Labute approximate surface area is 191 Å². The standard InChI is InChI=1S/C23H27N5O3S/c1-5-28-21(16-7-9-17(10-8-16)23(2,3)4)26-27-22(28)32-14-20(31)25-24-13-15-6-11-18(29)19(30)12-15/h6-13,29-30H,5,14H2,1-4H3,(H,25,31). The van der Waals surface area contributed by atoms with Crippen LogP contribution in [0, 0.1) is 0 Å². The van der Waals surface area contributed by atoms with Crippen molar-refractivity contribution in [3.8, 4) is 22.9 Å². The molecule has 0 saturated heterocycles. The van der Waals surface area contributed by atoms with Crippen LogP contribution in [-0.4, -0.2) is 42.9 Å². The highest BCUT2D eigenvalue weighted by Gasteiger charge is 2.17. The van der Waals surface area contributed by atoms with E-state index in [2.05, 4.69) is 53.6 Å². The highest BCUT2D eigenvalue weighted by molar-refractivity contribution is 7.99. The van der Waals surface area contributed by atoms with Crippen molar-refractivity contribution in [3.05, 3.63) is 53.6 Å². The number of benzene rings is 2. The molecule has 0 unspecified atom stereocenters. The number of thioether (sulfide) groups is 1. The zero-order valence-corrected chi connectivity index (χ0v) is 19.3. The van der Waals surface area contributed by atoms with Crippen molar-refractivity contribution in [2.75, 3.05) is 5.75 Å². The van der Waals surface area contributed by atoms with Gasteiger partial charge in [-0.15, -0.1) is 10.2 Å². The van der Waals surface area contributed by atoms with E-state index in [4.69, 9.17) is 0 Å². The molecule has 32 heavy (non-hydrogen) atoms. The molecule has 3 rings (SSSR count). The summed E-state index contributed by atoms with van der Waals surface area (Å²) >= 11 is 1.28. The van der Waals surface area contributed by atoms with Crippen molar-refractivity contribution in [3.63, 3.8) is 0 Å². The van der Waals surface area contributed by atoms with Crippen LogP contribution in [0.4, 0.5) is 0 Å². The van der Waals surface area contributed by atoms with Crippen LogP contribution in [-0.2, 0) is 16.8 Å². The van der Waals surface area contributed by atoms with E-state index in [0.717, 1.165) is 11.4 Å². The molecule has 9 heteroatoms. The molecule has 1 amide bonds. The number of rotatable bonds is 7. The lowest BCUT2D eigenvalue weighted by Crippen LogP contribution is -2.20. The molecule has 0 spiro atoms. The van der Waals surface area contributed by atoms with Gasteiger partial charge in [0.15, 0.2) is 22.5 Å². The number of phenolic OH excluding ortho intramolecular Hbond substituents is 2. The van der Waals surface area contributed by atoms with Crippen molar-refractivity contribution in [1.82, 2.24) is 20.2 Å². The first-order valence-electron chi connectivity index (χ1n) is 10.2. The number of carbonyl (C=O) groups is 1. The maximum Gasteiger partial charge on any atom is 0.250 e. The van der Waals surface area contributed by atoms with Crippen molar-refractivity contribution in [2.45, 2.75) is 44.8 Å². The molecule has 0 radical (unpaired) electrons. The Bertz CT molecular complexity index is 1120. The molecule has 0 aliphatic carbocycles. The second-order valence-corrected chi connectivity index (χ2v) is 9.15. The van der Waals surface area contributed by atoms with Gasteiger partial charge in [-0.25, -0.2) is 5.43 Å². The van der Waals surface area contributed by atoms with Crippen LogP contribution in [0.25, 0.3) is 11.4 Å². The van der Waals surface area contributed by atoms with E-state index < -0.39 is 0 Å². The average Bonchev–Trinajstić information content (AvgIpc) is 3.17. The molecule has 2 aromatic carbocycles. The number of nitrogens with zero attached hydrogens (tertiary/aromatic N) is 4. The SMILES string of the molecule is CCn1c(SCC(=O)NN=Cc2ccc(O)c(O)c2)nnc1-c1ccc(C(C)(C)C)cc1. The van der Waals surface area contributed by atoms with Crippen LogP contribution < -0.4 is 5.43 Å². The lowest BCUT2D eigenvalue weighted by molar-refractivity contribution is -0.118. The van der Waals surface area contributed by atoms with Crippen LogP contribution in [0.1, 0.15) is 38.8 Å². The molecule has 3 N–H and O–H groups in total. The third-order valence-electron chi connectivity index (χ3n) is 4.78. The van der Waals surface area contributed by atoms with Gasteiger partial charge in [-0.05, 0) is 41.7 Å². The highest BCUT2D eigenvalue weighted by Crippen LogP contribution is 2.28. The molecule has 0 aliphatic heterocycles. The van der Waals surface area contributed by atoms with E-state index in [0.29, 0.717) is 17.3 Å². The monoisotopic (exact) mass is 453 g/mol. The van der Waals surface area contributed by atoms with Gasteiger partial charge in [-0.1, -0.05) is 56.8 Å². The molecule has 0 aliphatic rings. The number of hydrazone groups is 1. The van der Waals surface area contributed by atoms with Gasteiger partial charge in [0, 0.05) is 12.1 Å². The minimum atomic E-state index is -0.295. The maximum atomic E-state index is 12.1. The number of aromatic hydroxyl groups is 2. The van der Waals surface area contributed by atoms with Crippen LogP contribution in [0.15, 0.2) is 52.7 Å². The van der Waals surface area contributed by atoms with Gasteiger partial charge in [0.05, 0.1) is 12.0 Å². The number of nitrogens with one attached hydrogen (secondary N) is 1. The van der Waals surface area contributed by atoms with E-state index in [1.807, 2.05) is 23.6 Å². The Morgan fingerprint density at radius 2 is 1.84 bits per heavy atom. The smallest absolute Gasteiger partial charge is 0.250 e. The summed E-state index contributed by atoms with van der Waals surface area (Å²) in [5.41, 5.74) is 5.29. The number of hydrogen-bond acceptors (Lipinski definition) is 7. The third-order valence-corrected chi connectivity index (χ3v) is 5.74. The summed E-state index contributed by atoms with van der Waals surface area (Å²) in [6.45, 7) is 9.21. The molecule has 0 atom stereocenters. The van der Waals surface area contributed by atoms with Crippen LogP contribution in [0.5, 0.6) is 11.5 Å². The van der Waals surface area contributed by atoms with E-state index >= 15 is 0 Å². The lowest BCUT2D eigenvalue weighted by atomic mass is 9.87. The lowest BCUT2D eigenvalue weighted by Gasteiger charge is -2.19. The number of amides is 1. The Kier molecular flexibility index (Phi) is 7.19. The fourth-order valence-electron chi connectivity index (χ4n) is 2.98. The van der Waals surface area contributed by atoms with Crippen molar-refractivity contribution < 1.29 is 15.0 Å². The van der Waals surface area contributed by atoms with Crippen LogP contribution >= 0.6 is 11.8 Å². The minimum absolute atomic E-state index is 0.0798. The molecule has 1 aromatic heterocycles. The summed E-state index contributed by atoms with van der Waals surface area (Å²) in [4.78, 5) is 12.1. The Morgan fingerprint density at radius 3 is 2.47 bits per heavy atom. The van der Waals surface area contributed by atoms with Gasteiger partial charge >= 0.3 is 0 Å². The first-order valence-corrected chi connectivity index (χ1v) is 11.2. The normalized spacial score (nSPS) is 11.8. The Balaban J connectivity index is 1.62. The molecular weight excluding hydrogens is 426 g/mol. The molecular formula is C23H27N5O3S. The predicted molar refractivity (Wildman–Crippen MR) is 126 cm³/mol. The van der Waals surface area contributed by atoms with E-state index in [-0.39, 0.29) is 28.6 Å². The van der Waals surface area contributed by atoms with Crippen molar-refractivity contribution in [1.29, 1.82) is 0 Å². The van der Waals surface area contributed by atoms with E-state index in [1.54, 1.807) is 6.07 Å². The summed E-state index contributed by atoms with van der Waals surface area (Å²) < 4.78 is 1.98. The van der Waals surface area contributed by atoms with Gasteiger partial charge in [-0.2, -0.15) is 5.10 Å². The molecule has 168 valence electrons. The largest absolute Gasteiger partial charge is 0.504 e. The molecule has 0 fully saturated rings. The molecule has 8 nitrogen and oxygen atoms in total. The van der Waals surface area contributed by atoms with Gasteiger partial charge in [0.2, 0.25) is 0 Å². The average molecular weight is 454 g/mol. The van der Waals surface area contributed by atoms with Crippen molar-refractivity contribution >= 4 is 23.9 Å². The molecule has 0 saturated carbocycles. The first-order chi connectivity index (χ1) is 15.2. The van der Waals surface area contributed by atoms with Gasteiger partial charge < -0.3 is 14.8 Å². The number of phenols is 2. The van der Waals surface area contributed by atoms with Gasteiger partial charge in [-0.3, -0.25) is 4.79 Å². The molecule has 3 aromatic rings. The summed E-state index contributed by atoms with van der Waals surface area (Å²) in [6, 6.07) is 12.6. The second kappa shape index (κ2) is 9.86. The predicted octanol–water partition coefficient (Wildman–Crippen LogP) is 3.92. The van der Waals surface area contributed by atoms with Crippen LogP contribution in [0.3, 0.4) is 0 Å². The van der Waals surface area contributed by atoms with Gasteiger partial charge in [0.25, 0.3) is 5.91 Å². The van der Waals surface area contributed by atoms with E-state index in [9.17, 15) is 15.0 Å². The fourth-order valence-corrected chi connectivity index (χ4v) is 3.77. The fraction of sp³-hybridized carbons (Fsp3) is 0.304. The summed E-state index contributed by atoms with van der Waals surface area (Å²) in [5, 5.41) is 31.9. The summed E-state index contributed by atoms with van der Waals surface area (Å²) in [5.74, 6) is 0.127. The topological polar surface area (TPSA) is 113 Å². The number of hydrogen-bond donors (Lipinski definition) is 3.